The molecule has 1 amide bonds. The molecule has 10 heteroatoms. The molecule has 2 bridgehead atoms. The third kappa shape index (κ3) is 3.67. The lowest BCUT2D eigenvalue weighted by Gasteiger charge is -2.39. The van der Waals surface area contributed by atoms with Gasteiger partial charge in [-0.3, -0.25) is 9.36 Å². The van der Waals surface area contributed by atoms with Gasteiger partial charge in [-0.25, -0.2) is 15.0 Å². The van der Waals surface area contributed by atoms with Crippen molar-refractivity contribution in [1.29, 1.82) is 0 Å². The van der Waals surface area contributed by atoms with E-state index in [1.54, 1.807) is 24.3 Å². The number of aliphatic hydroxyl groups is 1. The second kappa shape index (κ2) is 7.69. The highest BCUT2D eigenvalue weighted by Gasteiger charge is 2.52. The second-order valence-electron chi connectivity index (χ2n) is 10.2. The molecule has 0 radical (unpaired) electrons. The molecule has 1 fully saturated rings. The minimum atomic E-state index is -2.05. The van der Waals surface area contributed by atoms with E-state index in [4.69, 9.17) is 9.16 Å². The monoisotopic (exact) mass is 467 g/mol. The van der Waals surface area contributed by atoms with Crippen LogP contribution >= 0.6 is 0 Å². The van der Waals surface area contributed by atoms with E-state index in [-0.39, 0.29) is 23.3 Å². The van der Waals surface area contributed by atoms with Crippen molar-refractivity contribution in [2.45, 2.75) is 69.9 Å². The van der Waals surface area contributed by atoms with Crippen molar-refractivity contribution in [1.82, 2.24) is 19.5 Å². The molecule has 2 N–H and O–H groups in total. The van der Waals surface area contributed by atoms with Crippen LogP contribution < -0.4 is 5.32 Å². The highest BCUT2D eigenvalue weighted by molar-refractivity contribution is 6.74. The van der Waals surface area contributed by atoms with Crippen molar-refractivity contribution >= 4 is 31.2 Å². The lowest BCUT2D eigenvalue weighted by atomic mass is 10.1. The molecule has 1 saturated heterocycles. The van der Waals surface area contributed by atoms with E-state index in [2.05, 4.69) is 54.1 Å². The number of hydrogen-bond donors (Lipinski definition) is 2. The normalized spacial score (nSPS) is 24.7. The molecule has 0 aliphatic carbocycles. The van der Waals surface area contributed by atoms with Crippen LogP contribution in [0.4, 0.5) is 5.82 Å². The average molecular weight is 468 g/mol. The van der Waals surface area contributed by atoms with E-state index >= 15 is 0 Å². The lowest BCUT2D eigenvalue weighted by molar-refractivity contribution is -0.108. The van der Waals surface area contributed by atoms with Crippen molar-refractivity contribution in [3.05, 3.63) is 48.0 Å². The number of hydrogen-bond acceptors (Lipinski definition) is 7. The number of benzene rings is 1. The predicted octanol–water partition coefficient (Wildman–Crippen LogP) is 3.80. The first-order chi connectivity index (χ1) is 15.6. The highest BCUT2D eigenvalue weighted by atomic mass is 28.4. The summed E-state index contributed by atoms with van der Waals surface area (Å²) in [5.41, 5.74) is 1.45. The van der Waals surface area contributed by atoms with E-state index in [0.29, 0.717) is 34.8 Å². The summed E-state index contributed by atoms with van der Waals surface area (Å²) in [7, 11) is -2.05. The summed E-state index contributed by atoms with van der Waals surface area (Å²) in [6, 6.07) is 8.90. The number of aromatic nitrogens is 4. The first-order valence-corrected chi connectivity index (χ1v) is 14.1. The Hall–Kier alpha value is -2.66. The Morgan fingerprint density at radius 2 is 1.97 bits per heavy atom. The first kappa shape index (κ1) is 22.1. The van der Waals surface area contributed by atoms with Gasteiger partial charge in [0.25, 0.3) is 5.91 Å². The van der Waals surface area contributed by atoms with Gasteiger partial charge in [0.05, 0.1) is 6.10 Å². The Morgan fingerprint density at radius 3 is 2.67 bits per heavy atom. The first-order valence-electron chi connectivity index (χ1n) is 11.2. The van der Waals surface area contributed by atoms with Crippen LogP contribution in [-0.4, -0.2) is 51.1 Å². The van der Waals surface area contributed by atoms with Gasteiger partial charge < -0.3 is 19.6 Å². The van der Waals surface area contributed by atoms with Crippen molar-refractivity contribution in [2.24, 2.45) is 0 Å². The fourth-order valence-corrected chi connectivity index (χ4v) is 5.54. The van der Waals surface area contributed by atoms with Gasteiger partial charge in [-0.2, -0.15) is 0 Å². The summed E-state index contributed by atoms with van der Waals surface area (Å²) < 4.78 is 14.6. The maximum Gasteiger partial charge on any atom is 0.256 e. The Labute approximate surface area is 193 Å². The van der Waals surface area contributed by atoms with Gasteiger partial charge in [0.15, 0.2) is 25.3 Å². The summed E-state index contributed by atoms with van der Waals surface area (Å²) >= 11 is 0. The van der Waals surface area contributed by atoms with Crippen LogP contribution in [-0.2, 0) is 9.16 Å². The van der Waals surface area contributed by atoms with Crippen LogP contribution in [0.2, 0.25) is 18.1 Å². The number of ether oxygens (including phenoxy) is 1. The predicted molar refractivity (Wildman–Crippen MR) is 125 cm³/mol. The van der Waals surface area contributed by atoms with Crippen LogP contribution in [0.25, 0.3) is 11.2 Å². The van der Waals surface area contributed by atoms with E-state index in [1.165, 1.54) is 6.33 Å². The Bertz CT molecular complexity index is 1210. The molecular weight excluding hydrogens is 438 g/mol. The van der Waals surface area contributed by atoms with E-state index < -0.39 is 20.5 Å². The summed E-state index contributed by atoms with van der Waals surface area (Å²) in [6.45, 7) is 11.0. The maximum atomic E-state index is 12.7. The standard InChI is InChI=1S/C23H29N5O4Si/c1-23(2,3)33(4,5)32-14-11-15-28-20-16(26-21(28)17(29)18(14)31-15)19(24-12-25-20)27-22(30)13-9-7-6-8-10-13/h6-10,12,14-15,17-18,29H,11H2,1-5H3,(H,24,25,27,30)/t14-,15+,17-,18-/m0/s1. The van der Waals surface area contributed by atoms with Gasteiger partial charge in [0.2, 0.25) is 0 Å². The summed E-state index contributed by atoms with van der Waals surface area (Å²) in [5, 5.41) is 14.0. The number of fused-ring (bicyclic) bond motifs is 6. The number of imidazole rings is 1. The van der Waals surface area contributed by atoms with E-state index in [9.17, 15) is 9.90 Å². The molecule has 4 heterocycles. The summed E-state index contributed by atoms with van der Waals surface area (Å²) in [5.74, 6) is 0.471. The van der Waals surface area contributed by atoms with Gasteiger partial charge in [-0.15, -0.1) is 0 Å². The van der Waals surface area contributed by atoms with Gasteiger partial charge in [0, 0.05) is 12.0 Å². The number of amides is 1. The zero-order valence-electron chi connectivity index (χ0n) is 19.4. The molecule has 5 rings (SSSR count). The number of aliphatic hydroxyl groups excluding tert-OH is 1. The number of rotatable bonds is 4. The molecule has 9 nitrogen and oxygen atoms in total. The second-order valence-corrected chi connectivity index (χ2v) is 15.0. The molecule has 2 aliphatic rings. The fraction of sp³-hybridized carbons (Fsp3) is 0.478. The number of nitrogens with zero attached hydrogens (tertiary/aromatic N) is 4. The van der Waals surface area contributed by atoms with E-state index in [1.807, 2.05) is 10.6 Å². The molecule has 174 valence electrons. The minimum Gasteiger partial charge on any atom is -0.411 e. The molecule has 0 unspecified atom stereocenters. The van der Waals surface area contributed by atoms with Crippen molar-refractivity contribution < 1.29 is 19.1 Å². The van der Waals surface area contributed by atoms with Crippen LogP contribution in [0, 0.1) is 0 Å². The molecular formula is C23H29N5O4Si. The van der Waals surface area contributed by atoms with Crippen LogP contribution in [0.3, 0.4) is 0 Å². The van der Waals surface area contributed by atoms with Crippen molar-refractivity contribution in [3.8, 4) is 0 Å². The fourth-order valence-electron chi connectivity index (χ4n) is 4.20. The third-order valence-electron chi connectivity index (χ3n) is 7.00. The summed E-state index contributed by atoms with van der Waals surface area (Å²) in [4.78, 5) is 25.9. The highest BCUT2D eigenvalue weighted by Crippen LogP contribution is 2.47. The molecule has 2 aromatic heterocycles. The smallest absolute Gasteiger partial charge is 0.256 e. The van der Waals surface area contributed by atoms with Gasteiger partial charge in [-0.05, 0) is 30.3 Å². The maximum absolute atomic E-state index is 12.7. The van der Waals surface area contributed by atoms with E-state index in [0.717, 1.165) is 0 Å². The van der Waals surface area contributed by atoms with Gasteiger partial charge >= 0.3 is 0 Å². The van der Waals surface area contributed by atoms with Gasteiger partial charge in [0.1, 0.15) is 30.6 Å². The Morgan fingerprint density at radius 1 is 1.24 bits per heavy atom. The molecule has 0 spiro atoms. The topological polar surface area (TPSA) is 111 Å². The number of anilines is 1. The summed E-state index contributed by atoms with van der Waals surface area (Å²) in [6.07, 6.45) is -0.0474. The Kier molecular flexibility index (Phi) is 5.16. The van der Waals surface area contributed by atoms with Crippen LogP contribution in [0.15, 0.2) is 36.7 Å². The van der Waals surface area contributed by atoms with Crippen molar-refractivity contribution in [3.63, 3.8) is 0 Å². The van der Waals surface area contributed by atoms with Crippen molar-refractivity contribution in [2.75, 3.05) is 5.32 Å². The molecule has 0 saturated carbocycles. The molecule has 33 heavy (non-hydrogen) atoms. The minimum absolute atomic E-state index is 0.0496. The lowest BCUT2D eigenvalue weighted by Crippen LogP contribution is -2.47. The largest absolute Gasteiger partial charge is 0.411 e. The third-order valence-corrected chi connectivity index (χ3v) is 11.5. The van der Waals surface area contributed by atoms with Crippen LogP contribution in [0.1, 0.15) is 55.7 Å². The molecule has 3 aromatic rings. The number of nitrogens with one attached hydrogen (secondary N) is 1. The van der Waals surface area contributed by atoms with Crippen LogP contribution in [0.5, 0.6) is 0 Å². The SMILES string of the molecule is CC(C)(C)[Si](C)(C)O[C@H]1C[C@H]2O[C@@H]1[C@H](O)c1nc3c(NC(=O)c4ccccc4)ncnc3n12. The molecule has 1 aromatic carbocycles. The Balaban J connectivity index is 1.46. The molecule has 2 aliphatic heterocycles. The zero-order chi connectivity index (χ0) is 23.5. The zero-order valence-corrected chi connectivity index (χ0v) is 20.4. The number of carbonyl (C=O) groups excluding carboxylic acids is 1. The van der Waals surface area contributed by atoms with Gasteiger partial charge in [-0.1, -0.05) is 39.0 Å². The molecule has 4 atom stereocenters. The average Bonchev–Trinajstić information content (AvgIpc) is 3.32. The quantitative estimate of drug-likeness (QED) is 0.561. The number of carbonyl (C=O) groups is 1.